The highest BCUT2D eigenvalue weighted by Gasteiger charge is 2.50. The molecule has 1 amide bonds. The molecule has 4 nitrogen and oxygen atoms in total. The average molecular weight is 261 g/mol. The molecule has 1 saturated heterocycles. The molecule has 102 valence electrons. The zero-order valence-electron chi connectivity index (χ0n) is 11.6. The van der Waals surface area contributed by atoms with Crippen LogP contribution in [0.3, 0.4) is 0 Å². The number of likely N-dealkylation sites (tertiary alicyclic amines) is 1. The number of hydrogen-bond acceptors (Lipinski definition) is 3. The number of methoxy groups -OCH3 is 1. The number of esters is 1. The van der Waals surface area contributed by atoms with Gasteiger partial charge in [0.05, 0.1) is 18.6 Å². The van der Waals surface area contributed by atoms with E-state index in [9.17, 15) is 9.59 Å². The Morgan fingerprint density at radius 3 is 2.58 bits per heavy atom. The number of nitrogens with zero attached hydrogens (tertiary/aromatic N) is 1. The van der Waals surface area contributed by atoms with E-state index in [0.29, 0.717) is 6.54 Å². The lowest BCUT2D eigenvalue weighted by Gasteiger charge is -2.34. The van der Waals surface area contributed by atoms with Gasteiger partial charge in [-0.25, -0.2) is 0 Å². The summed E-state index contributed by atoms with van der Waals surface area (Å²) >= 11 is 0. The third-order valence-electron chi connectivity index (χ3n) is 3.90. The third kappa shape index (κ3) is 2.48. The van der Waals surface area contributed by atoms with Crippen molar-refractivity contribution in [3.05, 3.63) is 35.9 Å². The van der Waals surface area contributed by atoms with Crippen molar-refractivity contribution in [2.24, 2.45) is 5.92 Å². The average Bonchev–Trinajstić information content (AvgIpc) is 2.62. The van der Waals surface area contributed by atoms with Gasteiger partial charge in [0.2, 0.25) is 5.91 Å². The predicted octanol–water partition coefficient (Wildman–Crippen LogP) is 1.99. The van der Waals surface area contributed by atoms with Crippen LogP contribution in [0.2, 0.25) is 0 Å². The molecule has 1 fully saturated rings. The zero-order valence-corrected chi connectivity index (χ0v) is 11.6. The molecule has 1 heterocycles. The SMILES string of the molecule is COC(=O)C1CC(=O)N(Cc2ccccc2)C1(C)C. The molecule has 0 saturated carbocycles. The topological polar surface area (TPSA) is 46.6 Å². The summed E-state index contributed by atoms with van der Waals surface area (Å²) in [5.74, 6) is -0.702. The Balaban J connectivity index is 2.21. The molecule has 2 rings (SSSR count). The molecule has 1 atom stereocenters. The standard InChI is InChI=1S/C15H19NO3/c1-15(2)12(14(18)19-3)9-13(17)16(15)10-11-7-5-4-6-8-11/h4-8,12H,9-10H2,1-3H3. The van der Waals surface area contributed by atoms with Crippen LogP contribution < -0.4 is 0 Å². The van der Waals surface area contributed by atoms with Crippen LogP contribution in [-0.4, -0.2) is 29.4 Å². The van der Waals surface area contributed by atoms with Gasteiger partial charge in [-0.05, 0) is 19.4 Å². The number of carbonyl (C=O) groups excluding carboxylic acids is 2. The molecular weight excluding hydrogens is 242 g/mol. The van der Waals surface area contributed by atoms with E-state index in [1.54, 1.807) is 4.90 Å². The lowest BCUT2D eigenvalue weighted by molar-refractivity contribution is -0.148. The van der Waals surface area contributed by atoms with E-state index >= 15 is 0 Å². The second-order valence-electron chi connectivity index (χ2n) is 5.40. The molecule has 1 aliphatic heterocycles. The van der Waals surface area contributed by atoms with E-state index in [0.717, 1.165) is 5.56 Å². The van der Waals surface area contributed by atoms with Gasteiger partial charge in [-0.2, -0.15) is 0 Å². The minimum atomic E-state index is -0.514. The highest BCUT2D eigenvalue weighted by atomic mass is 16.5. The maximum absolute atomic E-state index is 12.1. The fourth-order valence-corrected chi connectivity index (χ4v) is 2.62. The van der Waals surface area contributed by atoms with Crippen molar-refractivity contribution in [1.82, 2.24) is 4.90 Å². The van der Waals surface area contributed by atoms with E-state index in [1.807, 2.05) is 44.2 Å². The molecule has 0 radical (unpaired) electrons. The molecule has 0 N–H and O–H groups in total. The molecule has 4 heteroatoms. The van der Waals surface area contributed by atoms with E-state index in [4.69, 9.17) is 4.74 Å². The Labute approximate surface area is 113 Å². The Morgan fingerprint density at radius 1 is 1.37 bits per heavy atom. The van der Waals surface area contributed by atoms with Gasteiger partial charge in [0.1, 0.15) is 0 Å². The van der Waals surface area contributed by atoms with E-state index in [1.165, 1.54) is 7.11 Å². The Bertz CT molecular complexity index is 481. The summed E-state index contributed by atoms with van der Waals surface area (Å²) in [5.41, 5.74) is 0.550. The Kier molecular flexibility index (Phi) is 3.60. The number of ether oxygens (including phenoxy) is 1. The van der Waals surface area contributed by atoms with Crippen molar-refractivity contribution in [1.29, 1.82) is 0 Å². The predicted molar refractivity (Wildman–Crippen MR) is 71.2 cm³/mol. The first-order valence-electron chi connectivity index (χ1n) is 6.39. The maximum Gasteiger partial charge on any atom is 0.311 e. The van der Waals surface area contributed by atoms with Gasteiger partial charge in [0.15, 0.2) is 0 Å². The normalized spacial score (nSPS) is 21.5. The van der Waals surface area contributed by atoms with Crippen molar-refractivity contribution in [2.45, 2.75) is 32.4 Å². The smallest absolute Gasteiger partial charge is 0.311 e. The van der Waals surface area contributed by atoms with Gasteiger partial charge < -0.3 is 9.64 Å². The van der Waals surface area contributed by atoms with E-state index in [2.05, 4.69) is 0 Å². The van der Waals surface area contributed by atoms with Gasteiger partial charge in [-0.15, -0.1) is 0 Å². The van der Waals surface area contributed by atoms with E-state index < -0.39 is 11.5 Å². The Hall–Kier alpha value is -1.84. The molecule has 1 aromatic rings. The molecule has 0 bridgehead atoms. The number of amides is 1. The van der Waals surface area contributed by atoms with Crippen LogP contribution in [0, 0.1) is 5.92 Å². The molecule has 1 aromatic carbocycles. The summed E-state index contributed by atoms with van der Waals surface area (Å²) in [7, 11) is 1.36. The summed E-state index contributed by atoms with van der Waals surface area (Å²) in [6.07, 6.45) is 0.229. The summed E-state index contributed by atoms with van der Waals surface area (Å²) in [6.45, 7) is 4.37. The molecule has 0 spiro atoms. The quantitative estimate of drug-likeness (QED) is 0.782. The van der Waals surface area contributed by atoms with Crippen LogP contribution in [0.25, 0.3) is 0 Å². The molecule has 0 aromatic heterocycles. The van der Waals surface area contributed by atoms with Crippen LogP contribution in [0.4, 0.5) is 0 Å². The van der Waals surface area contributed by atoms with Gasteiger partial charge in [0, 0.05) is 13.0 Å². The molecule has 1 aliphatic rings. The first-order chi connectivity index (χ1) is 8.96. The van der Waals surface area contributed by atoms with E-state index in [-0.39, 0.29) is 18.3 Å². The number of rotatable bonds is 3. The Morgan fingerprint density at radius 2 is 2.00 bits per heavy atom. The maximum atomic E-state index is 12.1. The van der Waals surface area contributed by atoms with Gasteiger partial charge >= 0.3 is 5.97 Å². The monoisotopic (exact) mass is 261 g/mol. The lowest BCUT2D eigenvalue weighted by Crippen LogP contribution is -2.45. The number of benzene rings is 1. The summed E-state index contributed by atoms with van der Waals surface area (Å²) in [4.78, 5) is 25.7. The van der Waals surface area contributed by atoms with Crippen molar-refractivity contribution in [2.75, 3.05) is 7.11 Å². The van der Waals surface area contributed by atoms with Crippen LogP contribution in [-0.2, 0) is 20.9 Å². The van der Waals surface area contributed by atoms with Crippen molar-refractivity contribution in [3.8, 4) is 0 Å². The third-order valence-corrected chi connectivity index (χ3v) is 3.90. The highest BCUT2D eigenvalue weighted by Crippen LogP contribution is 2.37. The summed E-state index contributed by atoms with van der Waals surface area (Å²) < 4.78 is 4.80. The second-order valence-corrected chi connectivity index (χ2v) is 5.40. The van der Waals surface area contributed by atoms with Crippen molar-refractivity contribution >= 4 is 11.9 Å². The first-order valence-corrected chi connectivity index (χ1v) is 6.39. The van der Waals surface area contributed by atoms with Crippen molar-refractivity contribution < 1.29 is 14.3 Å². The molecule has 0 aliphatic carbocycles. The van der Waals surface area contributed by atoms with Crippen LogP contribution >= 0.6 is 0 Å². The summed E-state index contributed by atoms with van der Waals surface area (Å²) in [5, 5.41) is 0. The van der Waals surface area contributed by atoms with Crippen LogP contribution in [0.1, 0.15) is 25.8 Å². The number of carbonyl (C=O) groups is 2. The van der Waals surface area contributed by atoms with Crippen molar-refractivity contribution in [3.63, 3.8) is 0 Å². The molecule has 1 unspecified atom stereocenters. The fraction of sp³-hybridized carbons (Fsp3) is 0.467. The minimum Gasteiger partial charge on any atom is -0.469 e. The summed E-state index contributed by atoms with van der Waals surface area (Å²) in [6, 6.07) is 9.79. The zero-order chi connectivity index (χ0) is 14.0. The lowest BCUT2D eigenvalue weighted by atomic mass is 9.88. The largest absolute Gasteiger partial charge is 0.469 e. The molecular formula is C15H19NO3. The first kappa shape index (κ1) is 13.6. The van der Waals surface area contributed by atoms with Gasteiger partial charge in [-0.3, -0.25) is 9.59 Å². The fourth-order valence-electron chi connectivity index (χ4n) is 2.62. The van der Waals surface area contributed by atoms with Crippen LogP contribution in [0.5, 0.6) is 0 Å². The van der Waals surface area contributed by atoms with Gasteiger partial charge in [0.25, 0.3) is 0 Å². The van der Waals surface area contributed by atoms with Crippen LogP contribution in [0.15, 0.2) is 30.3 Å². The van der Waals surface area contributed by atoms with Gasteiger partial charge in [-0.1, -0.05) is 30.3 Å². The second kappa shape index (κ2) is 5.03. The highest BCUT2D eigenvalue weighted by molar-refractivity contribution is 5.88. The molecule has 19 heavy (non-hydrogen) atoms. The minimum absolute atomic E-state index is 0.00394. The number of hydrogen-bond donors (Lipinski definition) is 0.